The molecule has 0 unspecified atom stereocenters. The Morgan fingerprint density at radius 3 is 2.67 bits per heavy atom. The lowest BCUT2D eigenvalue weighted by molar-refractivity contribution is 0.476. The molecule has 2 aliphatic rings. The number of ether oxygens (including phenoxy) is 1. The van der Waals surface area contributed by atoms with E-state index in [4.69, 9.17) is 4.74 Å². The molecule has 156 valence electrons. The topological polar surface area (TPSA) is 14.2 Å². The molecule has 3 heterocycles. The summed E-state index contributed by atoms with van der Waals surface area (Å²) < 4.78 is 10.0. The van der Waals surface area contributed by atoms with Crippen LogP contribution in [0.25, 0.3) is 54.8 Å². The van der Waals surface area contributed by atoms with Crippen LogP contribution in [0, 0.1) is 0 Å². The number of thiophene rings is 1. The molecular formula is C30H19NOS. The summed E-state index contributed by atoms with van der Waals surface area (Å²) in [6.07, 6.45) is 6.92. The fraction of sp³-hybridized carbons (Fsp3) is 0.0667. The lowest BCUT2D eigenvalue weighted by Gasteiger charge is -2.20. The Morgan fingerprint density at radius 1 is 0.788 bits per heavy atom. The zero-order valence-electron chi connectivity index (χ0n) is 17.8. The predicted molar refractivity (Wildman–Crippen MR) is 139 cm³/mol. The first-order valence-electron chi connectivity index (χ1n) is 11.4. The van der Waals surface area contributed by atoms with Gasteiger partial charge in [-0.05, 0) is 59.9 Å². The van der Waals surface area contributed by atoms with Crippen molar-refractivity contribution in [2.24, 2.45) is 0 Å². The lowest BCUT2D eigenvalue weighted by Crippen LogP contribution is -2.03. The summed E-state index contributed by atoms with van der Waals surface area (Å²) in [5, 5.41) is 3.89. The van der Waals surface area contributed by atoms with Crippen LogP contribution in [0.2, 0.25) is 0 Å². The third-order valence-electron chi connectivity index (χ3n) is 7.04. The summed E-state index contributed by atoms with van der Waals surface area (Å²) >= 11 is 1.97. The van der Waals surface area contributed by atoms with Gasteiger partial charge in [-0.3, -0.25) is 0 Å². The Bertz CT molecular complexity index is 1800. The Morgan fingerprint density at radius 2 is 1.67 bits per heavy atom. The van der Waals surface area contributed by atoms with Gasteiger partial charge in [-0.2, -0.15) is 0 Å². The highest BCUT2D eigenvalue weighted by molar-refractivity contribution is 7.20. The van der Waals surface area contributed by atoms with E-state index in [-0.39, 0.29) is 0 Å². The first-order chi connectivity index (χ1) is 16.4. The van der Waals surface area contributed by atoms with E-state index >= 15 is 0 Å². The van der Waals surface area contributed by atoms with Crippen LogP contribution in [0.4, 0.5) is 0 Å². The van der Waals surface area contributed by atoms with E-state index < -0.39 is 0 Å². The van der Waals surface area contributed by atoms with Gasteiger partial charge in [-0.25, -0.2) is 0 Å². The molecule has 0 radical (unpaired) electrons. The fourth-order valence-electron chi connectivity index (χ4n) is 5.58. The fourth-order valence-corrected chi connectivity index (χ4v) is 6.92. The number of allylic oxidation sites excluding steroid dienone is 1. The Balaban J connectivity index is 1.43. The number of aromatic nitrogens is 1. The first-order valence-corrected chi connectivity index (χ1v) is 12.2. The van der Waals surface area contributed by atoms with Crippen molar-refractivity contribution in [2.75, 3.05) is 0 Å². The quantitative estimate of drug-likeness (QED) is 0.248. The maximum absolute atomic E-state index is 6.27. The van der Waals surface area contributed by atoms with Crippen LogP contribution in [0.1, 0.15) is 16.9 Å². The number of rotatable bonds is 1. The molecule has 2 aromatic heterocycles. The number of hydrogen-bond donors (Lipinski definition) is 0. The minimum Gasteiger partial charge on any atom is -0.453 e. The summed E-state index contributed by atoms with van der Waals surface area (Å²) in [5.74, 6) is 1.82. The monoisotopic (exact) mass is 441 g/mol. The molecule has 8 rings (SSSR count). The van der Waals surface area contributed by atoms with E-state index in [1.165, 1.54) is 47.9 Å². The molecule has 1 aliphatic heterocycles. The van der Waals surface area contributed by atoms with Crippen LogP contribution in [-0.2, 0) is 6.42 Å². The number of benzene rings is 4. The zero-order chi connectivity index (χ0) is 21.5. The van der Waals surface area contributed by atoms with Crippen molar-refractivity contribution in [1.82, 2.24) is 4.57 Å². The largest absolute Gasteiger partial charge is 0.453 e. The highest BCUT2D eigenvalue weighted by atomic mass is 32.1. The van der Waals surface area contributed by atoms with E-state index in [2.05, 4.69) is 83.4 Å². The molecule has 0 fully saturated rings. The summed E-state index contributed by atoms with van der Waals surface area (Å²) in [5.41, 5.74) is 7.49. The second kappa shape index (κ2) is 6.37. The third kappa shape index (κ3) is 2.32. The van der Waals surface area contributed by atoms with Crippen molar-refractivity contribution in [2.45, 2.75) is 12.8 Å². The molecule has 1 aliphatic carbocycles. The second-order valence-electron chi connectivity index (χ2n) is 8.85. The van der Waals surface area contributed by atoms with Crippen molar-refractivity contribution < 1.29 is 4.74 Å². The number of nitrogens with zero attached hydrogens (tertiary/aromatic N) is 1. The molecule has 0 bridgehead atoms. The third-order valence-corrected chi connectivity index (χ3v) is 8.36. The van der Waals surface area contributed by atoms with Crippen LogP contribution < -0.4 is 4.74 Å². The minimum atomic E-state index is 0.904. The second-order valence-corrected chi connectivity index (χ2v) is 9.96. The van der Waals surface area contributed by atoms with E-state index in [1.54, 1.807) is 0 Å². The van der Waals surface area contributed by atoms with Gasteiger partial charge in [0.1, 0.15) is 0 Å². The lowest BCUT2D eigenvalue weighted by atomic mass is 9.98. The molecule has 0 amide bonds. The van der Waals surface area contributed by atoms with Crippen molar-refractivity contribution in [3.63, 3.8) is 0 Å². The van der Waals surface area contributed by atoms with Crippen LogP contribution in [0.15, 0.2) is 84.9 Å². The van der Waals surface area contributed by atoms with Gasteiger partial charge in [0, 0.05) is 25.7 Å². The van der Waals surface area contributed by atoms with Gasteiger partial charge in [0.25, 0.3) is 0 Å². The molecule has 3 heteroatoms. The van der Waals surface area contributed by atoms with Gasteiger partial charge in [-0.1, -0.05) is 60.7 Å². The molecule has 6 aromatic rings. The summed E-state index contributed by atoms with van der Waals surface area (Å²) in [4.78, 5) is 1.52. The minimum absolute atomic E-state index is 0.904. The van der Waals surface area contributed by atoms with Gasteiger partial charge in [0.05, 0.1) is 16.7 Å². The van der Waals surface area contributed by atoms with Crippen molar-refractivity contribution >= 4 is 49.3 Å². The highest BCUT2D eigenvalue weighted by Gasteiger charge is 2.24. The Hall–Kier alpha value is -3.82. The predicted octanol–water partition coefficient (Wildman–Crippen LogP) is 8.73. The maximum Gasteiger partial charge on any atom is 0.152 e. The van der Waals surface area contributed by atoms with E-state index in [9.17, 15) is 0 Å². The van der Waals surface area contributed by atoms with Crippen molar-refractivity contribution in [3.8, 4) is 28.3 Å². The zero-order valence-corrected chi connectivity index (χ0v) is 18.7. The van der Waals surface area contributed by atoms with Gasteiger partial charge >= 0.3 is 0 Å². The summed E-state index contributed by atoms with van der Waals surface area (Å²) in [6.45, 7) is 0. The average Bonchev–Trinajstić information content (AvgIpc) is 3.41. The number of hydrogen-bond acceptors (Lipinski definition) is 2. The molecule has 33 heavy (non-hydrogen) atoms. The van der Waals surface area contributed by atoms with E-state index in [0.29, 0.717) is 0 Å². The van der Waals surface area contributed by atoms with Crippen LogP contribution in [0.5, 0.6) is 11.5 Å². The molecular weight excluding hydrogens is 422 g/mol. The summed E-state index contributed by atoms with van der Waals surface area (Å²) in [6, 6.07) is 28.4. The van der Waals surface area contributed by atoms with Crippen LogP contribution >= 0.6 is 11.3 Å². The Kier molecular flexibility index (Phi) is 3.42. The highest BCUT2D eigenvalue weighted by Crippen LogP contribution is 2.47. The SMILES string of the molecule is C1=Cc2c(sc3c(-c4ccc5c(c4)c4cccc6c4n5-c4ccccc4O6)cccc23)CC1. The molecule has 2 nitrogen and oxygen atoms in total. The number of para-hydroxylation sites is 3. The standard InChI is InChI=1S/C30H19NOS/c1-4-14-28-20(7-1)22-10-5-8-19(30(22)33-28)18-15-16-24-23(17-18)21-9-6-13-27-29(21)31(24)25-11-2-3-12-26(25)32-27/h1-3,5-13,15-17H,4,14H2. The Labute approximate surface area is 195 Å². The number of fused-ring (bicyclic) bond motifs is 8. The molecule has 0 saturated carbocycles. The molecule has 0 saturated heterocycles. The molecule has 0 N–H and O–H groups in total. The maximum atomic E-state index is 6.27. The molecule has 0 spiro atoms. The average molecular weight is 442 g/mol. The van der Waals surface area contributed by atoms with Gasteiger partial charge in [0.2, 0.25) is 0 Å². The van der Waals surface area contributed by atoms with Crippen LogP contribution in [0.3, 0.4) is 0 Å². The van der Waals surface area contributed by atoms with Gasteiger partial charge in [0.15, 0.2) is 11.5 Å². The van der Waals surface area contributed by atoms with E-state index in [0.717, 1.165) is 35.5 Å². The molecule has 0 atom stereocenters. The van der Waals surface area contributed by atoms with E-state index in [1.807, 2.05) is 23.5 Å². The van der Waals surface area contributed by atoms with Crippen molar-refractivity contribution in [1.29, 1.82) is 0 Å². The number of aryl methyl sites for hydroxylation is 1. The van der Waals surface area contributed by atoms with Crippen LogP contribution in [-0.4, -0.2) is 4.57 Å². The van der Waals surface area contributed by atoms with Gasteiger partial charge < -0.3 is 9.30 Å². The first kappa shape index (κ1) is 17.7. The molecule has 4 aromatic carbocycles. The summed E-state index contributed by atoms with van der Waals surface area (Å²) in [7, 11) is 0. The van der Waals surface area contributed by atoms with Gasteiger partial charge in [-0.15, -0.1) is 11.3 Å². The normalized spacial score (nSPS) is 13.9. The smallest absolute Gasteiger partial charge is 0.152 e. The van der Waals surface area contributed by atoms with Crippen molar-refractivity contribution in [3.05, 3.63) is 95.4 Å².